The Kier molecular flexibility index (Phi) is 6.21. The summed E-state index contributed by atoms with van der Waals surface area (Å²) in [5, 5.41) is 2.93. The summed E-state index contributed by atoms with van der Waals surface area (Å²) in [7, 11) is 1.56. The highest BCUT2D eigenvalue weighted by Crippen LogP contribution is 2.32. The zero-order valence-corrected chi connectivity index (χ0v) is 18.2. The van der Waals surface area contributed by atoms with Crippen LogP contribution in [0.15, 0.2) is 61.1 Å². The first-order chi connectivity index (χ1) is 15.6. The van der Waals surface area contributed by atoms with Crippen molar-refractivity contribution < 1.29 is 19.0 Å². The summed E-state index contributed by atoms with van der Waals surface area (Å²) in [5.74, 6) is 1.98. The molecule has 164 valence electrons. The maximum absolute atomic E-state index is 13.0. The van der Waals surface area contributed by atoms with Crippen LogP contribution in [0.25, 0.3) is 17.0 Å². The van der Waals surface area contributed by atoms with Crippen molar-refractivity contribution in [1.82, 2.24) is 14.4 Å². The molecule has 2 aromatic heterocycles. The highest BCUT2D eigenvalue weighted by atomic mass is 16.5. The lowest BCUT2D eigenvalue weighted by Crippen LogP contribution is -2.13. The molecule has 2 heterocycles. The third-order valence-corrected chi connectivity index (χ3v) is 4.78. The molecule has 4 rings (SSSR count). The second-order valence-electron chi connectivity index (χ2n) is 6.85. The number of hydrogen-bond donors (Lipinski definition) is 1. The van der Waals surface area contributed by atoms with Gasteiger partial charge in [-0.2, -0.15) is 0 Å². The van der Waals surface area contributed by atoms with Gasteiger partial charge in [-0.15, -0.1) is 0 Å². The fourth-order valence-corrected chi connectivity index (χ4v) is 3.32. The second-order valence-corrected chi connectivity index (χ2v) is 6.85. The van der Waals surface area contributed by atoms with Crippen molar-refractivity contribution in [2.45, 2.75) is 13.8 Å². The van der Waals surface area contributed by atoms with Crippen LogP contribution in [0.4, 0.5) is 5.69 Å². The first-order valence-corrected chi connectivity index (χ1v) is 10.3. The Labute approximate surface area is 185 Å². The lowest BCUT2D eigenvalue weighted by Gasteiger charge is -2.14. The van der Waals surface area contributed by atoms with Crippen LogP contribution in [0.1, 0.15) is 24.2 Å². The van der Waals surface area contributed by atoms with E-state index in [1.54, 1.807) is 37.6 Å². The topological polar surface area (TPSA) is 87.0 Å². The number of nitrogens with one attached hydrogen (secondary N) is 1. The molecule has 0 saturated heterocycles. The highest BCUT2D eigenvalue weighted by molar-refractivity contribution is 6.05. The van der Waals surface area contributed by atoms with Gasteiger partial charge < -0.3 is 19.5 Å². The van der Waals surface area contributed by atoms with Crippen LogP contribution < -0.4 is 19.5 Å². The Hall–Kier alpha value is -4.07. The van der Waals surface area contributed by atoms with Crippen LogP contribution in [0.5, 0.6) is 17.2 Å². The largest absolute Gasteiger partial charge is 0.495 e. The average molecular weight is 432 g/mol. The molecule has 8 nitrogen and oxygen atoms in total. The van der Waals surface area contributed by atoms with Gasteiger partial charge in [-0.3, -0.25) is 9.20 Å². The van der Waals surface area contributed by atoms with Crippen molar-refractivity contribution in [2.75, 3.05) is 25.6 Å². The third-order valence-electron chi connectivity index (χ3n) is 4.78. The summed E-state index contributed by atoms with van der Waals surface area (Å²) in [6, 6.07) is 12.5. The van der Waals surface area contributed by atoms with Crippen LogP contribution in [-0.2, 0) is 0 Å². The molecule has 0 aliphatic heterocycles. The quantitative estimate of drug-likeness (QED) is 0.443. The van der Waals surface area contributed by atoms with E-state index in [2.05, 4.69) is 15.3 Å². The predicted molar refractivity (Wildman–Crippen MR) is 122 cm³/mol. The molecular formula is C24H24N4O4. The van der Waals surface area contributed by atoms with Gasteiger partial charge >= 0.3 is 0 Å². The maximum atomic E-state index is 13.0. The monoisotopic (exact) mass is 432 g/mol. The molecule has 0 radical (unpaired) electrons. The molecule has 2 aromatic carbocycles. The molecule has 0 aliphatic rings. The average Bonchev–Trinajstić information content (AvgIpc) is 3.25. The van der Waals surface area contributed by atoms with Gasteiger partial charge in [0, 0.05) is 29.7 Å². The second kappa shape index (κ2) is 9.38. The summed E-state index contributed by atoms with van der Waals surface area (Å²) in [4.78, 5) is 21.8. The Morgan fingerprint density at radius 2 is 1.81 bits per heavy atom. The van der Waals surface area contributed by atoms with E-state index in [0.29, 0.717) is 47.5 Å². The Morgan fingerprint density at radius 3 is 2.56 bits per heavy atom. The summed E-state index contributed by atoms with van der Waals surface area (Å²) >= 11 is 0. The van der Waals surface area contributed by atoms with E-state index in [0.717, 1.165) is 11.3 Å². The lowest BCUT2D eigenvalue weighted by atomic mass is 10.1. The van der Waals surface area contributed by atoms with E-state index >= 15 is 0 Å². The van der Waals surface area contributed by atoms with E-state index in [4.69, 9.17) is 14.2 Å². The summed E-state index contributed by atoms with van der Waals surface area (Å²) < 4.78 is 18.5. The molecule has 8 heteroatoms. The van der Waals surface area contributed by atoms with Gasteiger partial charge in [0.25, 0.3) is 5.91 Å². The van der Waals surface area contributed by atoms with Crippen LogP contribution in [-0.4, -0.2) is 40.6 Å². The molecule has 0 saturated carbocycles. The summed E-state index contributed by atoms with van der Waals surface area (Å²) in [6.45, 7) is 4.76. The minimum absolute atomic E-state index is 0.291. The number of imidazole rings is 1. The van der Waals surface area contributed by atoms with E-state index in [-0.39, 0.29) is 5.91 Å². The molecule has 1 amide bonds. The number of anilines is 1. The number of benzene rings is 2. The molecule has 0 fully saturated rings. The van der Waals surface area contributed by atoms with Crippen molar-refractivity contribution in [3.63, 3.8) is 0 Å². The SMILES string of the molecule is CCOc1ccc(C(=O)Nc2cc(-c3cn4cccnc4n3)ccc2OC)cc1OCC. The van der Waals surface area contributed by atoms with E-state index in [1.165, 1.54) is 0 Å². The van der Waals surface area contributed by atoms with Gasteiger partial charge in [-0.1, -0.05) is 0 Å². The Morgan fingerprint density at radius 1 is 1.03 bits per heavy atom. The molecule has 0 spiro atoms. The lowest BCUT2D eigenvalue weighted by molar-refractivity contribution is 0.102. The molecule has 32 heavy (non-hydrogen) atoms. The third kappa shape index (κ3) is 4.34. The number of hydrogen-bond acceptors (Lipinski definition) is 6. The maximum Gasteiger partial charge on any atom is 0.255 e. The molecule has 0 bridgehead atoms. The number of methoxy groups -OCH3 is 1. The van der Waals surface area contributed by atoms with Crippen LogP contribution in [0.2, 0.25) is 0 Å². The predicted octanol–water partition coefficient (Wildman–Crippen LogP) is 4.45. The zero-order chi connectivity index (χ0) is 22.5. The summed E-state index contributed by atoms with van der Waals surface area (Å²) in [6.07, 6.45) is 5.46. The number of carbonyl (C=O) groups is 1. The Balaban J connectivity index is 1.63. The normalized spacial score (nSPS) is 10.7. The standard InChI is InChI=1S/C24H24N4O4/c1-4-31-21-10-8-17(14-22(21)32-5-2)23(29)26-18-13-16(7-9-20(18)30-3)19-15-28-12-6-11-25-24(28)27-19/h6-15H,4-5H2,1-3H3,(H,26,29). The van der Waals surface area contributed by atoms with Gasteiger partial charge in [-0.25, -0.2) is 9.97 Å². The smallest absolute Gasteiger partial charge is 0.255 e. The van der Waals surface area contributed by atoms with Gasteiger partial charge in [0.2, 0.25) is 5.78 Å². The molecule has 0 atom stereocenters. The van der Waals surface area contributed by atoms with Crippen molar-refractivity contribution >= 4 is 17.4 Å². The van der Waals surface area contributed by atoms with E-state index in [1.807, 2.05) is 48.8 Å². The molecule has 0 unspecified atom stereocenters. The Bertz CT molecular complexity index is 1220. The van der Waals surface area contributed by atoms with Gasteiger partial charge in [0.05, 0.1) is 31.7 Å². The van der Waals surface area contributed by atoms with Gasteiger partial charge in [-0.05, 0) is 56.3 Å². The number of carbonyl (C=O) groups excluding carboxylic acids is 1. The van der Waals surface area contributed by atoms with Crippen LogP contribution >= 0.6 is 0 Å². The van der Waals surface area contributed by atoms with Crippen molar-refractivity contribution in [3.8, 4) is 28.5 Å². The van der Waals surface area contributed by atoms with Gasteiger partial charge in [0.15, 0.2) is 11.5 Å². The summed E-state index contributed by atoms with van der Waals surface area (Å²) in [5.41, 5.74) is 2.54. The van der Waals surface area contributed by atoms with Crippen LogP contribution in [0, 0.1) is 0 Å². The van der Waals surface area contributed by atoms with E-state index in [9.17, 15) is 4.79 Å². The molecule has 0 aliphatic carbocycles. The molecular weight excluding hydrogens is 408 g/mol. The van der Waals surface area contributed by atoms with Gasteiger partial charge in [0.1, 0.15) is 5.75 Å². The molecule has 1 N–H and O–H groups in total. The number of fused-ring (bicyclic) bond motifs is 1. The minimum Gasteiger partial charge on any atom is -0.495 e. The minimum atomic E-state index is -0.291. The zero-order valence-electron chi connectivity index (χ0n) is 18.2. The van der Waals surface area contributed by atoms with Crippen molar-refractivity contribution in [2.24, 2.45) is 0 Å². The van der Waals surface area contributed by atoms with E-state index < -0.39 is 0 Å². The number of rotatable bonds is 8. The number of ether oxygens (including phenoxy) is 3. The van der Waals surface area contributed by atoms with Crippen molar-refractivity contribution in [1.29, 1.82) is 0 Å². The fourth-order valence-electron chi connectivity index (χ4n) is 3.32. The fraction of sp³-hybridized carbons (Fsp3) is 0.208. The first-order valence-electron chi connectivity index (χ1n) is 10.3. The number of nitrogens with zero attached hydrogens (tertiary/aromatic N) is 3. The van der Waals surface area contributed by atoms with Crippen LogP contribution in [0.3, 0.4) is 0 Å². The first kappa shape index (κ1) is 21.2. The van der Waals surface area contributed by atoms with Crippen molar-refractivity contribution in [3.05, 3.63) is 66.6 Å². The highest BCUT2D eigenvalue weighted by Gasteiger charge is 2.15. The number of amides is 1. The number of aromatic nitrogens is 3. The molecule has 4 aromatic rings.